The molecule has 0 aromatic carbocycles. The van der Waals surface area contributed by atoms with Crippen LogP contribution in [0.5, 0.6) is 0 Å². The molecule has 3 N–H and O–H groups in total. The van der Waals surface area contributed by atoms with Crippen LogP contribution >= 0.6 is 0 Å². The molecule has 0 bridgehead atoms. The number of likely N-dealkylation sites (tertiary alicyclic amines) is 1. The molecule has 0 spiro atoms. The van der Waals surface area contributed by atoms with Crippen LogP contribution in [0.2, 0.25) is 0 Å². The molecule has 0 amide bonds. The van der Waals surface area contributed by atoms with Crippen LogP contribution in [0.15, 0.2) is 18.6 Å². The summed E-state index contributed by atoms with van der Waals surface area (Å²) in [5.74, 6) is 1.93. The van der Waals surface area contributed by atoms with Gasteiger partial charge in [0.15, 0.2) is 0 Å². The summed E-state index contributed by atoms with van der Waals surface area (Å²) < 4.78 is 0. The summed E-state index contributed by atoms with van der Waals surface area (Å²) in [5.41, 5.74) is 3.57. The first-order valence-electron chi connectivity index (χ1n) is 9.03. The number of nitrogens with zero attached hydrogens (tertiary/aromatic N) is 4. The Bertz CT molecular complexity index is 698. The lowest BCUT2D eigenvalue weighted by molar-refractivity contribution is 0.0735. The second-order valence-corrected chi connectivity index (χ2v) is 7.51. The molecule has 1 aliphatic heterocycles. The summed E-state index contributed by atoms with van der Waals surface area (Å²) in [4.78, 5) is 10.9. The molecule has 2 aromatic heterocycles. The highest BCUT2D eigenvalue weighted by atomic mass is 16.3. The molecule has 7 heteroatoms. The molecule has 2 fully saturated rings. The van der Waals surface area contributed by atoms with E-state index in [4.69, 9.17) is 0 Å². The van der Waals surface area contributed by atoms with Crippen molar-refractivity contribution in [3.63, 3.8) is 0 Å². The third kappa shape index (κ3) is 3.39. The lowest BCUT2D eigenvalue weighted by Gasteiger charge is -2.35. The third-order valence-electron chi connectivity index (χ3n) is 5.78. The van der Waals surface area contributed by atoms with Crippen molar-refractivity contribution >= 4 is 5.82 Å². The van der Waals surface area contributed by atoms with Gasteiger partial charge in [0, 0.05) is 43.3 Å². The minimum absolute atomic E-state index is 0.0512. The number of aryl methyl sites for hydroxylation is 2. The summed E-state index contributed by atoms with van der Waals surface area (Å²) in [6, 6.07) is 0.0512. The predicted molar refractivity (Wildman–Crippen MR) is 95.0 cm³/mol. The number of H-pyrrole nitrogens is 1. The first-order valence-corrected chi connectivity index (χ1v) is 9.03. The van der Waals surface area contributed by atoms with Crippen molar-refractivity contribution in [1.82, 2.24) is 25.1 Å². The largest absolute Gasteiger partial charge is 0.391 e. The van der Waals surface area contributed by atoms with Gasteiger partial charge in [-0.1, -0.05) is 0 Å². The number of aromatic amines is 1. The van der Waals surface area contributed by atoms with Crippen molar-refractivity contribution in [3.05, 3.63) is 35.5 Å². The van der Waals surface area contributed by atoms with Gasteiger partial charge in [-0.05, 0) is 38.5 Å². The van der Waals surface area contributed by atoms with Gasteiger partial charge < -0.3 is 10.4 Å². The minimum Gasteiger partial charge on any atom is -0.391 e. The zero-order chi connectivity index (χ0) is 17.4. The van der Waals surface area contributed by atoms with Crippen molar-refractivity contribution in [3.8, 4) is 0 Å². The Morgan fingerprint density at radius 1 is 1.24 bits per heavy atom. The van der Waals surface area contributed by atoms with Crippen molar-refractivity contribution in [1.29, 1.82) is 0 Å². The summed E-state index contributed by atoms with van der Waals surface area (Å²) >= 11 is 0. The van der Waals surface area contributed by atoms with E-state index in [0.717, 1.165) is 49.7 Å². The lowest BCUT2D eigenvalue weighted by Crippen LogP contribution is -2.43. The molecule has 2 aliphatic rings. The standard InChI is InChI=1S/C18H26N6O/c1-11-15(12(2)23-22-11)10-24-8-13-5-16(17(25)6-14(13)9-24)21-18-7-19-3-4-20-18/h3-4,7,13-14,16-17,25H,5-6,8-10H2,1-2H3,(H,20,21)(H,22,23)/t13-,14+,16-,17-/m1/s1. The van der Waals surface area contributed by atoms with Crippen LogP contribution in [-0.2, 0) is 6.54 Å². The molecule has 0 radical (unpaired) electrons. The Kier molecular flexibility index (Phi) is 4.43. The van der Waals surface area contributed by atoms with Crippen LogP contribution in [-0.4, -0.2) is 55.4 Å². The second kappa shape index (κ2) is 6.72. The maximum atomic E-state index is 10.6. The summed E-state index contributed by atoms with van der Waals surface area (Å²) in [7, 11) is 0. The Labute approximate surface area is 147 Å². The number of aliphatic hydroxyl groups is 1. The van der Waals surface area contributed by atoms with Crippen molar-refractivity contribution in [2.45, 2.75) is 45.4 Å². The number of aromatic nitrogens is 4. The van der Waals surface area contributed by atoms with Gasteiger partial charge in [-0.25, -0.2) is 4.98 Å². The number of hydrogen-bond donors (Lipinski definition) is 3. The minimum atomic E-state index is -0.333. The van der Waals surface area contributed by atoms with Gasteiger partial charge in [-0.3, -0.25) is 15.0 Å². The molecule has 7 nitrogen and oxygen atoms in total. The lowest BCUT2D eigenvalue weighted by atomic mass is 9.77. The van der Waals surface area contributed by atoms with E-state index in [-0.39, 0.29) is 12.1 Å². The molecule has 4 rings (SSSR count). The number of fused-ring (bicyclic) bond motifs is 1. The average Bonchev–Trinajstić information content (AvgIpc) is 3.13. The van der Waals surface area contributed by atoms with E-state index in [1.54, 1.807) is 18.6 Å². The monoisotopic (exact) mass is 342 g/mol. The Morgan fingerprint density at radius 2 is 2.04 bits per heavy atom. The normalized spacial score (nSPS) is 29.6. The second-order valence-electron chi connectivity index (χ2n) is 7.51. The van der Waals surface area contributed by atoms with Gasteiger partial charge in [0.1, 0.15) is 5.82 Å². The maximum absolute atomic E-state index is 10.6. The Morgan fingerprint density at radius 3 is 2.72 bits per heavy atom. The number of hydrogen-bond acceptors (Lipinski definition) is 6. The number of nitrogens with one attached hydrogen (secondary N) is 2. The van der Waals surface area contributed by atoms with Gasteiger partial charge >= 0.3 is 0 Å². The fraction of sp³-hybridized carbons (Fsp3) is 0.611. The van der Waals surface area contributed by atoms with E-state index in [0.29, 0.717) is 11.8 Å². The van der Waals surface area contributed by atoms with Crippen LogP contribution in [0, 0.1) is 25.7 Å². The molecule has 2 aromatic rings. The van der Waals surface area contributed by atoms with Gasteiger partial charge in [0.05, 0.1) is 24.0 Å². The first-order chi connectivity index (χ1) is 12.1. The topological polar surface area (TPSA) is 90.0 Å². The molecule has 134 valence electrons. The third-order valence-corrected chi connectivity index (χ3v) is 5.78. The van der Waals surface area contributed by atoms with E-state index in [2.05, 4.69) is 44.2 Å². The maximum Gasteiger partial charge on any atom is 0.144 e. The van der Waals surface area contributed by atoms with Crippen molar-refractivity contribution in [2.24, 2.45) is 11.8 Å². The molecule has 25 heavy (non-hydrogen) atoms. The molecular formula is C18H26N6O. The highest BCUT2D eigenvalue weighted by Crippen LogP contribution is 2.38. The smallest absolute Gasteiger partial charge is 0.144 e. The van der Waals surface area contributed by atoms with Crippen LogP contribution in [0.4, 0.5) is 5.82 Å². The zero-order valence-corrected chi connectivity index (χ0v) is 14.8. The van der Waals surface area contributed by atoms with Crippen LogP contribution in [0.1, 0.15) is 29.8 Å². The Balaban J connectivity index is 1.40. The SMILES string of the molecule is Cc1n[nH]c(C)c1CN1C[C@H]2C[C@@H](Nc3cnccn3)[C@H](O)C[C@H]2C1. The molecule has 1 saturated carbocycles. The fourth-order valence-corrected chi connectivity index (χ4v) is 4.41. The molecule has 1 aliphatic carbocycles. The number of anilines is 1. The predicted octanol–water partition coefficient (Wildman–Crippen LogP) is 1.50. The summed E-state index contributed by atoms with van der Waals surface area (Å²) in [5, 5.41) is 21.3. The zero-order valence-electron chi connectivity index (χ0n) is 14.8. The van der Waals surface area contributed by atoms with E-state index in [1.165, 1.54) is 5.56 Å². The summed E-state index contributed by atoms with van der Waals surface area (Å²) in [6.07, 6.45) is 6.54. The molecular weight excluding hydrogens is 316 g/mol. The quantitative estimate of drug-likeness (QED) is 0.780. The summed E-state index contributed by atoms with van der Waals surface area (Å²) in [6.45, 7) is 7.23. The van der Waals surface area contributed by atoms with Gasteiger partial charge in [-0.15, -0.1) is 0 Å². The van der Waals surface area contributed by atoms with Gasteiger partial charge in [0.2, 0.25) is 0 Å². The van der Waals surface area contributed by atoms with Gasteiger partial charge in [0.25, 0.3) is 0 Å². The molecule has 3 heterocycles. The van der Waals surface area contributed by atoms with Crippen LogP contribution < -0.4 is 5.32 Å². The average molecular weight is 342 g/mol. The highest BCUT2D eigenvalue weighted by Gasteiger charge is 2.41. The number of aliphatic hydroxyl groups excluding tert-OH is 1. The van der Waals surface area contributed by atoms with Gasteiger partial charge in [-0.2, -0.15) is 5.10 Å². The first kappa shape index (κ1) is 16.5. The van der Waals surface area contributed by atoms with Crippen LogP contribution in [0.25, 0.3) is 0 Å². The fourth-order valence-electron chi connectivity index (χ4n) is 4.41. The Hall–Kier alpha value is -1.99. The molecule has 1 saturated heterocycles. The highest BCUT2D eigenvalue weighted by molar-refractivity contribution is 5.32. The number of rotatable bonds is 4. The molecule has 0 unspecified atom stereocenters. The molecule has 4 atom stereocenters. The van der Waals surface area contributed by atoms with E-state index >= 15 is 0 Å². The van der Waals surface area contributed by atoms with E-state index < -0.39 is 0 Å². The van der Waals surface area contributed by atoms with Crippen molar-refractivity contribution < 1.29 is 5.11 Å². The van der Waals surface area contributed by atoms with E-state index in [9.17, 15) is 5.11 Å². The van der Waals surface area contributed by atoms with Crippen molar-refractivity contribution in [2.75, 3.05) is 18.4 Å². The van der Waals surface area contributed by atoms with E-state index in [1.807, 2.05) is 0 Å². The van der Waals surface area contributed by atoms with Crippen LogP contribution in [0.3, 0.4) is 0 Å².